The SMILES string of the molecule is Cc1cc(Cl)cc(-c2nnc(N)s2)c1NC(=O)c1ccnn1-c1ncccc1Cl. The normalized spacial score (nSPS) is 10.9. The van der Waals surface area contributed by atoms with Crippen molar-refractivity contribution in [1.82, 2.24) is 25.0 Å². The van der Waals surface area contributed by atoms with Crippen molar-refractivity contribution in [2.75, 3.05) is 11.1 Å². The highest BCUT2D eigenvalue weighted by atomic mass is 35.5. The molecular formula is C18H13Cl2N7OS. The standard InChI is InChI=1S/C18H13Cl2N7OS/c1-9-7-10(19)8-11(17-25-26-18(21)29-17)14(9)24-16(28)13-4-6-23-27(13)15-12(20)3-2-5-22-15/h2-8H,1H3,(H2,21,26)(H,24,28). The minimum atomic E-state index is -0.395. The van der Waals surface area contributed by atoms with E-state index in [1.807, 2.05) is 6.92 Å². The summed E-state index contributed by atoms with van der Waals surface area (Å²) in [6.45, 7) is 1.84. The summed E-state index contributed by atoms with van der Waals surface area (Å²) in [5.41, 5.74) is 7.92. The lowest BCUT2D eigenvalue weighted by Crippen LogP contribution is -2.18. The topological polar surface area (TPSA) is 112 Å². The Hall–Kier alpha value is -3.01. The molecule has 3 aromatic heterocycles. The van der Waals surface area contributed by atoms with Crippen molar-refractivity contribution in [2.24, 2.45) is 0 Å². The summed E-state index contributed by atoms with van der Waals surface area (Å²) in [6, 6.07) is 8.41. The average Bonchev–Trinajstić information content (AvgIpc) is 3.33. The van der Waals surface area contributed by atoms with E-state index in [1.165, 1.54) is 22.2 Å². The van der Waals surface area contributed by atoms with E-state index in [4.69, 9.17) is 28.9 Å². The molecule has 3 heterocycles. The van der Waals surface area contributed by atoms with Crippen LogP contribution in [0.15, 0.2) is 42.7 Å². The molecule has 3 N–H and O–H groups in total. The number of aryl methyl sites for hydroxylation is 1. The number of carbonyl (C=O) groups is 1. The van der Waals surface area contributed by atoms with Crippen LogP contribution in [0.3, 0.4) is 0 Å². The summed E-state index contributed by atoms with van der Waals surface area (Å²) in [7, 11) is 0. The van der Waals surface area contributed by atoms with Crippen LogP contribution in [-0.4, -0.2) is 30.9 Å². The molecule has 0 aliphatic rings. The molecule has 0 saturated carbocycles. The highest BCUT2D eigenvalue weighted by Gasteiger charge is 2.20. The molecule has 4 aromatic rings. The Bertz CT molecular complexity index is 1220. The smallest absolute Gasteiger partial charge is 0.274 e. The fourth-order valence-corrected chi connectivity index (χ4v) is 3.88. The number of nitrogens with one attached hydrogen (secondary N) is 1. The highest BCUT2D eigenvalue weighted by Crippen LogP contribution is 2.36. The third-order valence-corrected chi connectivity index (χ3v) is 5.32. The molecule has 0 bridgehead atoms. The Kier molecular flexibility index (Phi) is 5.18. The average molecular weight is 446 g/mol. The van der Waals surface area contributed by atoms with Gasteiger partial charge in [-0.05, 0) is 42.8 Å². The Balaban J connectivity index is 1.74. The van der Waals surface area contributed by atoms with Crippen LogP contribution in [0, 0.1) is 6.92 Å². The van der Waals surface area contributed by atoms with Gasteiger partial charge in [0.25, 0.3) is 5.91 Å². The van der Waals surface area contributed by atoms with E-state index in [2.05, 4.69) is 25.6 Å². The molecule has 29 heavy (non-hydrogen) atoms. The predicted molar refractivity (Wildman–Crippen MR) is 114 cm³/mol. The molecule has 0 radical (unpaired) electrons. The number of carbonyl (C=O) groups excluding carboxylic acids is 1. The van der Waals surface area contributed by atoms with Crippen LogP contribution < -0.4 is 11.1 Å². The van der Waals surface area contributed by atoms with Gasteiger partial charge in [-0.1, -0.05) is 34.5 Å². The lowest BCUT2D eigenvalue weighted by Gasteiger charge is -2.14. The number of nitrogens with zero attached hydrogens (tertiary/aromatic N) is 5. The summed E-state index contributed by atoms with van der Waals surface area (Å²) < 4.78 is 1.38. The molecule has 11 heteroatoms. The second-order valence-corrected chi connectivity index (χ2v) is 7.83. The molecule has 0 spiro atoms. The predicted octanol–water partition coefficient (Wildman–Crippen LogP) is 4.24. The largest absolute Gasteiger partial charge is 0.374 e. The molecule has 146 valence electrons. The monoisotopic (exact) mass is 445 g/mol. The zero-order valence-corrected chi connectivity index (χ0v) is 17.3. The van der Waals surface area contributed by atoms with Crippen LogP contribution in [0.5, 0.6) is 0 Å². The van der Waals surface area contributed by atoms with E-state index >= 15 is 0 Å². The number of hydrogen-bond acceptors (Lipinski definition) is 7. The van der Waals surface area contributed by atoms with Crippen LogP contribution >= 0.6 is 34.5 Å². The van der Waals surface area contributed by atoms with E-state index in [0.29, 0.717) is 37.3 Å². The van der Waals surface area contributed by atoms with Gasteiger partial charge < -0.3 is 11.1 Å². The summed E-state index contributed by atoms with van der Waals surface area (Å²) in [5.74, 6) is -0.0392. The first-order chi connectivity index (χ1) is 13.9. The maximum Gasteiger partial charge on any atom is 0.274 e. The number of benzene rings is 1. The second-order valence-electron chi connectivity index (χ2n) is 5.98. The van der Waals surface area contributed by atoms with Gasteiger partial charge in [0.1, 0.15) is 5.69 Å². The third kappa shape index (κ3) is 3.80. The second kappa shape index (κ2) is 7.78. The summed E-state index contributed by atoms with van der Waals surface area (Å²) >= 11 is 13.6. The van der Waals surface area contributed by atoms with Crippen molar-refractivity contribution in [2.45, 2.75) is 6.92 Å². The quantitative estimate of drug-likeness (QED) is 0.485. The molecule has 1 amide bonds. The van der Waals surface area contributed by atoms with Gasteiger partial charge in [-0.15, -0.1) is 10.2 Å². The number of nitrogen functional groups attached to an aromatic ring is 1. The molecule has 4 rings (SSSR count). The van der Waals surface area contributed by atoms with Crippen LogP contribution in [-0.2, 0) is 0 Å². The van der Waals surface area contributed by atoms with Crippen LogP contribution in [0.4, 0.5) is 10.8 Å². The number of rotatable bonds is 4. The van der Waals surface area contributed by atoms with Crippen molar-refractivity contribution < 1.29 is 4.79 Å². The minimum absolute atomic E-state index is 0.266. The van der Waals surface area contributed by atoms with E-state index < -0.39 is 5.91 Å². The first-order valence-corrected chi connectivity index (χ1v) is 9.87. The number of halogens is 2. The number of nitrogens with two attached hydrogens (primary N) is 1. The zero-order chi connectivity index (χ0) is 20.5. The Labute approximate surface area is 179 Å². The fourth-order valence-electron chi connectivity index (χ4n) is 2.78. The number of pyridine rings is 1. The lowest BCUT2D eigenvalue weighted by atomic mass is 10.1. The van der Waals surface area contributed by atoms with Crippen LogP contribution in [0.25, 0.3) is 16.4 Å². The molecule has 0 atom stereocenters. The van der Waals surface area contributed by atoms with Gasteiger partial charge in [0.05, 0.1) is 16.9 Å². The Morgan fingerprint density at radius 2 is 2.03 bits per heavy atom. The van der Waals surface area contributed by atoms with Gasteiger partial charge in [-0.3, -0.25) is 4.79 Å². The Morgan fingerprint density at radius 1 is 1.21 bits per heavy atom. The van der Waals surface area contributed by atoms with Gasteiger partial charge in [-0.2, -0.15) is 5.10 Å². The highest BCUT2D eigenvalue weighted by molar-refractivity contribution is 7.18. The molecule has 0 fully saturated rings. The van der Waals surface area contributed by atoms with Crippen molar-refractivity contribution in [3.8, 4) is 16.4 Å². The van der Waals surface area contributed by atoms with E-state index in [0.717, 1.165) is 5.56 Å². The number of aromatic nitrogens is 5. The first kappa shape index (κ1) is 19.3. The first-order valence-electron chi connectivity index (χ1n) is 8.30. The van der Waals surface area contributed by atoms with E-state index in [9.17, 15) is 4.79 Å². The third-order valence-electron chi connectivity index (χ3n) is 4.02. The van der Waals surface area contributed by atoms with Crippen molar-refractivity contribution in [1.29, 1.82) is 0 Å². The maximum atomic E-state index is 13.1. The van der Waals surface area contributed by atoms with Gasteiger partial charge in [0, 0.05) is 16.8 Å². The number of anilines is 2. The van der Waals surface area contributed by atoms with Crippen molar-refractivity contribution >= 4 is 51.3 Å². The molecule has 0 saturated heterocycles. The number of hydrogen-bond donors (Lipinski definition) is 2. The van der Waals surface area contributed by atoms with Crippen molar-refractivity contribution in [3.05, 3.63) is 64.0 Å². The molecule has 0 aliphatic heterocycles. The molecule has 0 unspecified atom stereocenters. The Morgan fingerprint density at radius 3 is 2.76 bits per heavy atom. The van der Waals surface area contributed by atoms with Crippen LogP contribution in [0.1, 0.15) is 16.1 Å². The molecule has 1 aromatic carbocycles. The summed E-state index contributed by atoms with van der Waals surface area (Å²) in [5, 5.41) is 16.7. The van der Waals surface area contributed by atoms with Gasteiger partial charge in [0.2, 0.25) is 5.13 Å². The maximum absolute atomic E-state index is 13.1. The van der Waals surface area contributed by atoms with E-state index in [1.54, 1.807) is 36.5 Å². The van der Waals surface area contributed by atoms with Crippen molar-refractivity contribution in [3.63, 3.8) is 0 Å². The lowest BCUT2D eigenvalue weighted by molar-refractivity contribution is 0.101. The minimum Gasteiger partial charge on any atom is -0.374 e. The molecule has 8 nitrogen and oxygen atoms in total. The van der Waals surface area contributed by atoms with Crippen LogP contribution in [0.2, 0.25) is 10.0 Å². The number of amides is 1. The van der Waals surface area contributed by atoms with Gasteiger partial charge in [0.15, 0.2) is 10.8 Å². The van der Waals surface area contributed by atoms with Gasteiger partial charge >= 0.3 is 0 Å². The van der Waals surface area contributed by atoms with E-state index in [-0.39, 0.29) is 5.69 Å². The molecule has 0 aliphatic carbocycles. The zero-order valence-electron chi connectivity index (χ0n) is 14.9. The van der Waals surface area contributed by atoms with Gasteiger partial charge in [-0.25, -0.2) is 9.67 Å². The summed E-state index contributed by atoms with van der Waals surface area (Å²) in [4.78, 5) is 17.3. The molecular weight excluding hydrogens is 433 g/mol. The summed E-state index contributed by atoms with van der Waals surface area (Å²) in [6.07, 6.45) is 3.08. The fraction of sp³-hybridized carbons (Fsp3) is 0.0556.